The van der Waals surface area contributed by atoms with E-state index in [1.165, 1.54) is 12.1 Å². The first-order valence-electron chi connectivity index (χ1n) is 7.82. The maximum Gasteiger partial charge on any atom is 0.338 e. The zero-order valence-electron chi connectivity index (χ0n) is 14.1. The number of rotatable bonds is 7. The number of carboxylic acids is 1. The lowest BCUT2D eigenvalue weighted by Crippen LogP contribution is -2.11. The molecule has 0 aliphatic carbocycles. The summed E-state index contributed by atoms with van der Waals surface area (Å²) in [5.74, 6) is -0.651. The number of hydrogen-bond acceptors (Lipinski definition) is 4. The summed E-state index contributed by atoms with van der Waals surface area (Å²) >= 11 is 0. The molecule has 0 aromatic heterocycles. The topological polar surface area (TPSA) is 80.7 Å². The van der Waals surface area contributed by atoms with Gasteiger partial charge in [0, 0.05) is 22.3 Å². The van der Waals surface area contributed by atoms with Crippen LogP contribution in [0.1, 0.15) is 45.7 Å². The molecule has 132 valence electrons. The molecule has 0 aliphatic heterocycles. The molecular weight excluding hydrogens is 340 g/mol. The van der Waals surface area contributed by atoms with Crippen molar-refractivity contribution in [3.8, 4) is 0 Å². The van der Waals surface area contributed by atoms with Crippen molar-refractivity contribution in [1.29, 1.82) is 0 Å². The van der Waals surface area contributed by atoms with Gasteiger partial charge in [0.15, 0.2) is 0 Å². The standard InChI is InChI=1S/C19H20O5S/c1-13(2)24-19(22)17-9-5-15(6-10-17)12-25(23)11-14-3-7-16(8-4-14)18(20)21/h3-10,13H,11-12H2,1-2H3,(H,20,21). The average Bonchev–Trinajstić information content (AvgIpc) is 2.55. The summed E-state index contributed by atoms with van der Waals surface area (Å²) in [5.41, 5.74) is 2.35. The SMILES string of the molecule is CC(C)OC(=O)c1ccc(CS(=O)Cc2ccc(C(=O)O)cc2)cc1. The van der Waals surface area contributed by atoms with Crippen LogP contribution in [0, 0.1) is 0 Å². The minimum atomic E-state index is -1.13. The van der Waals surface area contributed by atoms with Crippen LogP contribution in [0.25, 0.3) is 0 Å². The molecular formula is C19H20O5S. The lowest BCUT2D eigenvalue weighted by molar-refractivity contribution is 0.0377. The molecule has 0 saturated carbocycles. The van der Waals surface area contributed by atoms with Crippen molar-refractivity contribution in [1.82, 2.24) is 0 Å². The van der Waals surface area contributed by atoms with E-state index in [0.29, 0.717) is 17.1 Å². The van der Waals surface area contributed by atoms with E-state index in [1.54, 1.807) is 50.2 Å². The Balaban J connectivity index is 1.94. The van der Waals surface area contributed by atoms with Gasteiger partial charge in [-0.25, -0.2) is 9.59 Å². The third-order valence-electron chi connectivity index (χ3n) is 3.39. The Morgan fingerprint density at radius 3 is 1.76 bits per heavy atom. The highest BCUT2D eigenvalue weighted by molar-refractivity contribution is 7.83. The molecule has 0 radical (unpaired) electrons. The van der Waals surface area contributed by atoms with Crippen LogP contribution in [0.3, 0.4) is 0 Å². The van der Waals surface area contributed by atoms with Crippen molar-refractivity contribution in [2.24, 2.45) is 0 Å². The molecule has 6 heteroatoms. The summed E-state index contributed by atoms with van der Waals surface area (Å²) < 4.78 is 17.4. The number of carbonyl (C=O) groups excluding carboxylic acids is 1. The molecule has 0 fully saturated rings. The molecule has 1 unspecified atom stereocenters. The second kappa shape index (κ2) is 8.58. The fourth-order valence-electron chi connectivity index (χ4n) is 2.19. The van der Waals surface area contributed by atoms with Crippen LogP contribution >= 0.6 is 0 Å². The Labute approximate surface area is 149 Å². The van der Waals surface area contributed by atoms with Crippen molar-refractivity contribution >= 4 is 22.7 Å². The van der Waals surface area contributed by atoms with Gasteiger partial charge < -0.3 is 9.84 Å². The highest BCUT2D eigenvalue weighted by Gasteiger charge is 2.10. The Morgan fingerprint density at radius 2 is 1.36 bits per heavy atom. The van der Waals surface area contributed by atoms with Crippen LogP contribution in [0.5, 0.6) is 0 Å². The molecule has 1 atom stereocenters. The van der Waals surface area contributed by atoms with Gasteiger partial charge in [0.25, 0.3) is 0 Å². The summed E-state index contributed by atoms with van der Waals surface area (Å²) in [5, 5.41) is 8.87. The fourth-order valence-corrected chi connectivity index (χ4v) is 3.42. The molecule has 25 heavy (non-hydrogen) atoms. The maximum absolute atomic E-state index is 12.3. The summed E-state index contributed by atoms with van der Waals surface area (Å²) in [6.07, 6.45) is -0.174. The fraction of sp³-hybridized carbons (Fsp3) is 0.263. The first kappa shape index (κ1) is 18.9. The van der Waals surface area contributed by atoms with Crippen LogP contribution in [0.2, 0.25) is 0 Å². The summed E-state index contributed by atoms with van der Waals surface area (Å²) in [7, 11) is -1.13. The number of aromatic carboxylic acids is 1. The minimum Gasteiger partial charge on any atom is -0.478 e. The number of esters is 1. The molecule has 1 N–H and O–H groups in total. The second-order valence-corrected chi connectivity index (χ2v) is 7.34. The van der Waals surface area contributed by atoms with Crippen molar-refractivity contribution in [2.75, 3.05) is 0 Å². The van der Waals surface area contributed by atoms with E-state index in [-0.39, 0.29) is 17.6 Å². The van der Waals surface area contributed by atoms with E-state index in [0.717, 1.165) is 11.1 Å². The second-order valence-electron chi connectivity index (χ2n) is 5.88. The molecule has 0 amide bonds. The van der Waals surface area contributed by atoms with Crippen LogP contribution in [-0.2, 0) is 27.0 Å². The van der Waals surface area contributed by atoms with Crippen molar-refractivity contribution in [2.45, 2.75) is 31.5 Å². The van der Waals surface area contributed by atoms with Crippen LogP contribution < -0.4 is 0 Å². The van der Waals surface area contributed by atoms with Crippen LogP contribution in [0.15, 0.2) is 48.5 Å². The summed E-state index contributed by atoms with van der Waals surface area (Å²) in [6.45, 7) is 3.58. The molecule has 0 saturated heterocycles. The average molecular weight is 360 g/mol. The minimum absolute atomic E-state index is 0.174. The molecule has 2 aromatic rings. The molecule has 0 spiro atoms. The highest BCUT2D eigenvalue weighted by atomic mass is 32.2. The van der Waals surface area contributed by atoms with E-state index in [1.807, 2.05) is 0 Å². The highest BCUT2D eigenvalue weighted by Crippen LogP contribution is 2.13. The molecule has 5 nitrogen and oxygen atoms in total. The molecule has 0 aliphatic rings. The van der Waals surface area contributed by atoms with E-state index < -0.39 is 16.8 Å². The summed E-state index contributed by atoms with van der Waals surface area (Å²) in [4.78, 5) is 22.6. The predicted octanol–water partition coefficient (Wildman–Crippen LogP) is 3.40. The van der Waals surface area contributed by atoms with Gasteiger partial charge in [-0.05, 0) is 49.2 Å². The van der Waals surface area contributed by atoms with Crippen molar-refractivity contribution in [3.63, 3.8) is 0 Å². The summed E-state index contributed by atoms with van der Waals surface area (Å²) in [6, 6.07) is 13.2. The molecule has 0 heterocycles. The van der Waals surface area contributed by atoms with Crippen LogP contribution in [-0.4, -0.2) is 27.4 Å². The largest absolute Gasteiger partial charge is 0.478 e. The van der Waals surface area contributed by atoms with Crippen molar-refractivity contribution in [3.05, 3.63) is 70.8 Å². The van der Waals surface area contributed by atoms with Gasteiger partial charge >= 0.3 is 11.9 Å². The Morgan fingerprint density at radius 1 is 0.920 bits per heavy atom. The zero-order chi connectivity index (χ0) is 18.4. The monoisotopic (exact) mass is 360 g/mol. The first-order chi connectivity index (χ1) is 11.8. The maximum atomic E-state index is 12.3. The van der Waals surface area contributed by atoms with E-state index in [2.05, 4.69) is 0 Å². The third-order valence-corrected chi connectivity index (χ3v) is 4.70. The third kappa shape index (κ3) is 5.83. The van der Waals surface area contributed by atoms with Gasteiger partial charge in [0.05, 0.1) is 17.2 Å². The number of hydrogen-bond donors (Lipinski definition) is 1. The van der Waals surface area contributed by atoms with Crippen molar-refractivity contribution < 1.29 is 23.6 Å². The lowest BCUT2D eigenvalue weighted by atomic mass is 10.1. The Kier molecular flexibility index (Phi) is 6.47. The first-order valence-corrected chi connectivity index (χ1v) is 9.31. The Bertz CT molecular complexity index is 763. The lowest BCUT2D eigenvalue weighted by Gasteiger charge is -2.08. The normalized spacial score (nSPS) is 12.0. The molecule has 2 rings (SSSR count). The molecule has 0 bridgehead atoms. The van der Waals surface area contributed by atoms with Crippen LogP contribution in [0.4, 0.5) is 0 Å². The van der Waals surface area contributed by atoms with Gasteiger partial charge in [-0.1, -0.05) is 24.3 Å². The van der Waals surface area contributed by atoms with Gasteiger partial charge in [-0.3, -0.25) is 4.21 Å². The van der Waals surface area contributed by atoms with Gasteiger partial charge in [-0.2, -0.15) is 0 Å². The number of carboxylic acid groups (broad SMARTS) is 1. The van der Waals surface area contributed by atoms with Gasteiger partial charge in [0.2, 0.25) is 0 Å². The van der Waals surface area contributed by atoms with E-state index in [9.17, 15) is 13.8 Å². The number of carbonyl (C=O) groups is 2. The molecule has 2 aromatic carbocycles. The zero-order valence-corrected chi connectivity index (χ0v) is 14.9. The Hall–Kier alpha value is -2.47. The van der Waals surface area contributed by atoms with Gasteiger partial charge in [-0.15, -0.1) is 0 Å². The number of ether oxygens (including phenoxy) is 1. The smallest absolute Gasteiger partial charge is 0.338 e. The van der Waals surface area contributed by atoms with E-state index >= 15 is 0 Å². The number of benzene rings is 2. The quantitative estimate of drug-likeness (QED) is 0.766. The van der Waals surface area contributed by atoms with Gasteiger partial charge in [0.1, 0.15) is 0 Å². The van der Waals surface area contributed by atoms with E-state index in [4.69, 9.17) is 9.84 Å². The predicted molar refractivity (Wildman–Crippen MR) is 95.9 cm³/mol.